The molecule has 5 heteroatoms. The van der Waals surface area contributed by atoms with Crippen LogP contribution in [0, 0.1) is 0 Å². The van der Waals surface area contributed by atoms with Crippen molar-refractivity contribution in [3.8, 4) is 17.2 Å². The molecular formula is C32H52O5. The molecule has 0 N–H and O–H groups in total. The third-order valence-electron chi connectivity index (χ3n) is 6.65. The molecule has 0 amide bonds. The normalized spacial score (nSPS) is 11.4. The van der Waals surface area contributed by atoms with Crippen LogP contribution < -0.4 is 19.8 Å². The Morgan fingerprint density at radius 1 is 0.676 bits per heavy atom. The average Bonchev–Trinajstić information content (AvgIpc) is 2.87. The molecule has 210 valence electrons. The summed E-state index contributed by atoms with van der Waals surface area (Å²) >= 11 is 0. The second-order valence-electron chi connectivity index (χ2n) is 10.5. The van der Waals surface area contributed by atoms with Crippen LogP contribution in [0.1, 0.15) is 130 Å². The minimum Gasteiger partial charge on any atom is -0.491 e. The topological polar surface area (TPSA) is 57.9 Å². The maximum Gasteiger partial charge on any atom is 0.383 e. The van der Waals surface area contributed by atoms with Crippen LogP contribution in [-0.4, -0.2) is 19.3 Å². The summed E-state index contributed by atoms with van der Waals surface area (Å²) in [5, 5.41) is 0.751. The standard InChI is InChI=1S/C32H52O5/c1-5-7-9-11-13-15-17-19-23-34-30-28-22-21-27(36-26(3)4)25-29(28)37-32(33)31(30)35-24-20-18-16-14-12-10-8-6-2/h21-22,25-26H,5-20,23-24H2,1-4H3. The molecule has 0 radical (unpaired) electrons. The molecule has 0 bridgehead atoms. The summed E-state index contributed by atoms with van der Waals surface area (Å²) in [6, 6.07) is 5.57. The highest BCUT2D eigenvalue weighted by Gasteiger charge is 2.19. The third-order valence-corrected chi connectivity index (χ3v) is 6.65. The van der Waals surface area contributed by atoms with E-state index in [-0.39, 0.29) is 11.9 Å². The van der Waals surface area contributed by atoms with Crippen molar-refractivity contribution >= 4 is 11.0 Å². The zero-order valence-electron chi connectivity index (χ0n) is 24.1. The molecule has 1 aromatic heterocycles. The van der Waals surface area contributed by atoms with E-state index >= 15 is 0 Å². The molecule has 1 heterocycles. The molecular weight excluding hydrogens is 464 g/mol. The zero-order valence-corrected chi connectivity index (χ0v) is 24.1. The smallest absolute Gasteiger partial charge is 0.383 e. The lowest BCUT2D eigenvalue weighted by Gasteiger charge is -2.15. The molecule has 1 aromatic carbocycles. The Kier molecular flexibility index (Phi) is 15.9. The van der Waals surface area contributed by atoms with Gasteiger partial charge in [0, 0.05) is 6.07 Å². The first-order valence-corrected chi connectivity index (χ1v) is 15.1. The lowest BCUT2D eigenvalue weighted by atomic mass is 10.1. The highest BCUT2D eigenvalue weighted by atomic mass is 16.5. The number of hydrogen-bond acceptors (Lipinski definition) is 5. The molecule has 0 unspecified atom stereocenters. The van der Waals surface area contributed by atoms with Gasteiger partial charge >= 0.3 is 5.63 Å². The van der Waals surface area contributed by atoms with Crippen molar-refractivity contribution in [1.29, 1.82) is 0 Å². The van der Waals surface area contributed by atoms with Gasteiger partial charge in [-0.3, -0.25) is 0 Å². The summed E-state index contributed by atoms with van der Waals surface area (Å²) < 4.78 is 23.6. The first kappa shape index (κ1) is 31.1. The largest absolute Gasteiger partial charge is 0.491 e. The van der Waals surface area contributed by atoms with Crippen molar-refractivity contribution in [2.75, 3.05) is 13.2 Å². The van der Waals surface area contributed by atoms with Gasteiger partial charge in [0.25, 0.3) is 0 Å². The van der Waals surface area contributed by atoms with E-state index in [0.717, 1.165) is 31.1 Å². The molecule has 0 saturated heterocycles. The molecule has 37 heavy (non-hydrogen) atoms. The molecule has 5 nitrogen and oxygen atoms in total. The Balaban J connectivity index is 1.98. The van der Waals surface area contributed by atoms with Crippen molar-refractivity contribution in [2.24, 2.45) is 0 Å². The van der Waals surface area contributed by atoms with E-state index in [1.807, 2.05) is 26.0 Å². The van der Waals surface area contributed by atoms with Crippen molar-refractivity contribution in [2.45, 2.75) is 137 Å². The number of unbranched alkanes of at least 4 members (excludes halogenated alkanes) is 14. The molecule has 2 aromatic rings. The monoisotopic (exact) mass is 516 g/mol. The van der Waals surface area contributed by atoms with Crippen molar-refractivity contribution in [3.63, 3.8) is 0 Å². The van der Waals surface area contributed by atoms with Gasteiger partial charge in [-0.15, -0.1) is 0 Å². The molecule has 0 aliphatic carbocycles. The van der Waals surface area contributed by atoms with E-state index in [1.165, 1.54) is 77.0 Å². The van der Waals surface area contributed by atoms with Crippen LogP contribution in [0.3, 0.4) is 0 Å². The molecule has 0 aliphatic rings. The van der Waals surface area contributed by atoms with Gasteiger partial charge in [0.1, 0.15) is 11.3 Å². The molecule has 0 saturated carbocycles. The lowest BCUT2D eigenvalue weighted by Crippen LogP contribution is -2.12. The Morgan fingerprint density at radius 3 is 1.68 bits per heavy atom. The number of ether oxygens (including phenoxy) is 3. The lowest BCUT2D eigenvalue weighted by molar-refractivity contribution is 0.241. The molecule has 2 rings (SSSR count). The zero-order chi connectivity index (χ0) is 26.7. The van der Waals surface area contributed by atoms with Gasteiger partial charge in [-0.1, -0.05) is 104 Å². The van der Waals surface area contributed by atoms with E-state index in [9.17, 15) is 4.79 Å². The maximum atomic E-state index is 12.9. The number of rotatable bonds is 22. The van der Waals surface area contributed by atoms with Crippen LogP contribution in [0.4, 0.5) is 0 Å². The SMILES string of the molecule is CCCCCCCCCCOc1c(OCCCCCCCCCC)c2ccc(OC(C)C)cc2oc1=O. The number of benzene rings is 1. The van der Waals surface area contributed by atoms with E-state index in [1.54, 1.807) is 6.07 Å². The summed E-state index contributed by atoms with van der Waals surface area (Å²) in [7, 11) is 0. The van der Waals surface area contributed by atoms with Crippen LogP contribution >= 0.6 is 0 Å². The predicted molar refractivity (Wildman–Crippen MR) is 154 cm³/mol. The van der Waals surface area contributed by atoms with Crippen LogP contribution in [-0.2, 0) is 0 Å². The molecule has 0 spiro atoms. The Morgan fingerprint density at radius 2 is 1.16 bits per heavy atom. The van der Waals surface area contributed by atoms with Gasteiger partial charge in [0.2, 0.25) is 5.75 Å². The molecule has 0 atom stereocenters. The highest BCUT2D eigenvalue weighted by Crippen LogP contribution is 2.35. The van der Waals surface area contributed by atoms with Gasteiger partial charge in [0.05, 0.1) is 24.7 Å². The van der Waals surface area contributed by atoms with Gasteiger partial charge in [-0.05, 0) is 38.8 Å². The maximum absolute atomic E-state index is 12.9. The van der Waals surface area contributed by atoms with Crippen molar-refractivity contribution in [1.82, 2.24) is 0 Å². The van der Waals surface area contributed by atoms with Gasteiger partial charge in [-0.2, -0.15) is 0 Å². The first-order chi connectivity index (χ1) is 18.1. The summed E-state index contributed by atoms with van der Waals surface area (Å²) in [5.41, 5.74) is -0.0202. The number of fused-ring (bicyclic) bond motifs is 1. The van der Waals surface area contributed by atoms with E-state index in [2.05, 4.69) is 13.8 Å². The Labute approximate surface area is 225 Å². The fourth-order valence-corrected chi connectivity index (χ4v) is 4.57. The first-order valence-electron chi connectivity index (χ1n) is 15.1. The van der Waals surface area contributed by atoms with E-state index < -0.39 is 5.63 Å². The highest BCUT2D eigenvalue weighted by molar-refractivity contribution is 5.86. The van der Waals surface area contributed by atoms with Crippen LogP contribution in [0.25, 0.3) is 11.0 Å². The fraction of sp³-hybridized carbons (Fsp3) is 0.719. The predicted octanol–water partition coefficient (Wildman–Crippen LogP) is 9.62. The third kappa shape index (κ3) is 12.3. The van der Waals surface area contributed by atoms with Gasteiger partial charge in [0.15, 0.2) is 5.75 Å². The second kappa shape index (κ2) is 19.0. The summed E-state index contributed by atoms with van der Waals surface area (Å²) in [6.07, 6.45) is 19.6. The van der Waals surface area contributed by atoms with Gasteiger partial charge < -0.3 is 18.6 Å². The summed E-state index contributed by atoms with van der Waals surface area (Å²) in [5.74, 6) is 1.38. The Bertz CT molecular complexity index is 917. The fourth-order valence-electron chi connectivity index (χ4n) is 4.57. The average molecular weight is 517 g/mol. The molecule has 0 fully saturated rings. The van der Waals surface area contributed by atoms with E-state index in [0.29, 0.717) is 30.3 Å². The second-order valence-corrected chi connectivity index (χ2v) is 10.5. The van der Waals surface area contributed by atoms with Crippen LogP contribution in [0.5, 0.6) is 17.2 Å². The van der Waals surface area contributed by atoms with E-state index in [4.69, 9.17) is 18.6 Å². The summed E-state index contributed by atoms with van der Waals surface area (Å²) in [4.78, 5) is 12.9. The minimum absolute atomic E-state index is 0.0381. The number of hydrogen-bond donors (Lipinski definition) is 0. The van der Waals surface area contributed by atoms with Crippen molar-refractivity contribution in [3.05, 3.63) is 28.6 Å². The quantitative estimate of drug-likeness (QED) is 0.115. The minimum atomic E-state index is -0.486. The van der Waals surface area contributed by atoms with Crippen LogP contribution in [0.15, 0.2) is 27.4 Å². The van der Waals surface area contributed by atoms with Crippen LogP contribution in [0.2, 0.25) is 0 Å². The Hall–Kier alpha value is -2.17. The van der Waals surface area contributed by atoms with Crippen molar-refractivity contribution < 1.29 is 18.6 Å². The molecule has 0 aliphatic heterocycles. The summed E-state index contributed by atoms with van der Waals surface area (Å²) in [6.45, 7) is 9.49. The van der Waals surface area contributed by atoms with Gasteiger partial charge in [-0.25, -0.2) is 4.79 Å².